The van der Waals surface area contributed by atoms with E-state index in [1.165, 1.54) is 0 Å². The average Bonchev–Trinajstić information content (AvgIpc) is 2.15. The minimum Gasteiger partial charge on any atom is -0.496 e. The summed E-state index contributed by atoms with van der Waals surface area (Å²) in [6, 6.07) is 3.80. The van der Waals surface area contributed by atoms with E-state index in [1.807, 2.05) is 26.0 Å². The van der Waals surface area contributed by atoms with Crippen LogP contribution in [0.2, 0.25) is 5.02 Å². The van der Waals surface area contributed by atoms with Gasteiger partial charge >= 0.3 is 0 Å². The molecule has 15 heavy (non-hydrogen) atoms. The van der Waals surface area contributed by atoms with Gasteiger partial charge in [-0.1, -0.05) is 18.5 Å². The highest BCUT2D eigenvalue weighted by atomic mass is 35.5. The Bertz CT molecular complexity index is 355. The summed E-state index contributed by atoms with van der Waals surface area (Å²) in [4.78, 5) is 0. The van der Waals surface area contributed by atoms with Gasteiger partial charge in [0.1, 0.15) is 5.75 Å². The van der Waals surface area contributed by atoms with Gasteiger partial charge in [-0.3, -0.25) is 0 Å². The molecule has 0 atom stereocenters. The second-order valence-electron chi connectivity index (χ2n) is 4.22. The highest BCUT2D eigenvalue weighted by Crippen LogP contribution is 2.34. The molecule has 0 unspecified atom stereocenters. The van der Waals surface area contributed by atoms with E-state index in [9.17, 15) is 0 Å². The Morgan fingerprint density at radius 2 is 2.00 bits per heavy atom. The average molecular weight is 228 g/mol. The van der Waals surface area contributed by atoms with Gasteiger partial charge in [0.05, 0.1) is 7.11 Å². The number of hydrogen-bond acceptors (Lipinski definition) is 2. The fourth-order valence-electron chi connectivity index (χ4n) is 1.63. The highest BCUT2D eigenvalue weighted by molar-refractivity contribution is 6.30. The van der Waals surface area contributed by atoms with E-state index in [1.54, 1.807) is 7.11 Å². The Labute approximate surface area is 96.4 Å². The van der Waals surface area contributed by atoms with E-state index in [0.29, 0.717) is 5.02 Å². The van der Waals surface area contributed by atoms with Gasteiger partial charge in [0, 0.05) is 16.1 Å². The third-order valence-electron chi connectivity index (χ3n) is 2.41. The molecule has 2 nitrogen and oxygen atoms in total. The van der Waals surface area contributed by atoms with Crippen molar-refractivity contribution < 1.29 is 4.74 Å². The zero-order valence-electron chi connectivity index (χ0n) is 9.73. The number of nitrogens with two attached hydrogens (primary N) is 1. The Balaban J connectivity index is 3.42. The third kappa shape index (κ3) is 2.64. The maximum atomic E-state index is 6.09. The van der Waals surface area contributed by atoms with Crippen LogP contribution in [0.1, 0.15) is 31.9 Å². The molecule has 1 aromatic carbocycles. The van der Waals surface area contributed by atoms with Crippen molar-refractivity contribution in [3.05, 3.63) is 28.3 Å². The quantitative estimate of drug-likeness (QED) is 0.861. The zero-order valence-corrected chi connectivity index (χ0v) is 10.5. The van der Waals surface area contributed by atoms with Crippen LogP contribution in [0.4, 0.5) is 0 Å². The molecule has 0 saturated carbocycles. The van der Waals surface area contributed by atoms with Crippen molar-refractivity contribution in [3.8, 4) is 5.75 Å². The summed E-state index contributed by atoms with van der Waals surface area (Å²) < 4.78 is 5.41. The van der Waals surface area contributed by atoms with E-state index in [-0.39, 0.29) is 0 Å². The zero-order chi connectivity index (χ0) is 11.6. The van der Waals surface area contributed by atoms with Crippen LogP contribution < -0.4 is 10.5 Å². The number of ether oxygens (including phenoxy) is 1. The van der Waals surface area contributed by atoms with Crippen LogP contribution in [0.5, 0.6) is 5.75 Å². The van der Waals surface area contributed by atoms with Crippen LogP contribution in [-0.2, 0) is 12.0 Å². The number of halogens is 1. The molecule has 0 aromatic heterocycles. The molecule has 0 radical (unpaired) electrons. The van der Waals surface area contributed by atoms with Crippen LogP contribution >= 0.6 is 11.6 Å². The molecule has 0 aliphatic carbocycles. The Morgan fingerprint density at radius 3 is 2.40 bits per heavy atom. The van der Waals surface area contributed by atoms with Gasteiger partial charge in [0.2, 0.25) is 0 Å². The van der Waals surface area contributed by atoms with Crippen LogP contribution in [0.25, 0.3) is 0 Å². The maximum absolute atomic E-state index is 6.09. The fourth-order valence-corrected chi connectivity index (χ4v) is 1.87. The van der Waals surface area contributed by atoms with Gasteiger partial charge < -0.3 is 10.5 Å². The summed E-state index contributed by atoms with van der Waals surface area (Å²) in [7, 11) is 1.66. The molecule has 1 rings (SSSR count). The monoisotopic (exact) mass is 227 g/mol. The van der Waals surface area contributed by atoms with Crippen LogP contribution in [0.15, 0.2) is 12.1 Å². The van der Waals surface area contributed by atoms with Crippen molar-refractivity contribution in [2.45, 2.75) is 32.7 Å². The van der Waals surface area contributed by atoms with Gasteiger partial charge in [0.25, 0.3) is 0 Å². The van der Waals surface area contributed by atoms with E-state index in [2.05, 4.69) is 6.92 Å². The summed E-state index contributed by atoms with van der Waals surface area (Å²) in [5.74, 6) is 0.856. The SMILES string of the molecule is CCc1cc(Cl)cc(C(C)(C)N)c1OC. The lowest BCUT2D eigenvalue weighted by atomic mass is 9.92. The van der Waals surface area contributed by atoms with Crippen molar-refractivity contribution >= 4 is 11.6 Å². The number of hydrogen-bond donors (Lipinski definition) is 1. The molecule has 0 spiro atoms. The van der Waals surface area contributed by atoms with Crippen molar-refractivity contribution in [2.75, 3.05) is 7.11 Å². The number of aryl methyl sites for hydroxylation is 1. The molecule has 3 heteroatoms. The molecule has 0 aliphatic rings. The van der Waals surface area contributed by atoms with Crippen molar-refractivity contribution in [2.24, 2.45) is 5.73 Å². The van der Waals surface area contributed by atoms with Crippen molar-refractivity contribution in [3.63, 3.8) is 0 Å². The smallest absolute Gasteiger partial charge is 0.127 e. The standard InChI is InChI=1S/C12H18ClNO/c1-5-8-6-9(13)7-10(11(8)15-4)12(2,3)14/h6-7H,5,14H2,1-4H3. The van der Waals surface area contributed by atoms with Gasteiger partial charge in [0.15, 0.2) is 0 Å². The summed E-state index contributed by atoms with van der Waals surface area (Å²) in [6.07, 6.45) is 0.882. The normalized spacial score (nSPS) is 11.6. The van der Waals surface area contributed by atoms with Crippen LogP contribution in [0.3, 0.4) is 0 Å². The first-order chi connectivity index (χ1) is 6.90. The van der Waals surface area contributed by atoms with Crippen LogP contribution in [0, 0.1) is 0 Å². The summed E-state index contributed by atoms with van der Waals surface area (Å²) in [6.45, 7) is 5.96. The summed E-state index contributed by atoms with van der Waals surface area (Å²) >= 11 is 6.05. The predicted octanol–water partition coefficient (Wildman–Crippen LogP) is 3.10. The second kappa shape index (κ2) is 4.42. The van der Waals surface area contributed by atoms with Gasteiger partial charge in [-0.05, 0) is 38.0 Å². The number of benzene rings is 1. The van der Waals surface area contributed by atoms with Crippen LogP contribution in [-0.4, -0.2) is 7.11 Å². The number of methoxy groups -OCH3 is 1. The first-order valence-corrected chi connectivity index (χ1v) is 5.43. The van der Waals surface area contributed by atoms with E-state index in [0.717, 1.165) is 23.3 Å². The minimum atomic E-state index is -0.444. The Kier molecular flexibility index (Phi) is 3.63. The molecule has 1 aromatic rings. The minimum absolute atomic E-state index is 0.444. The fraction of sp³-hybridized carbons (Fsp3) is 0.500. The lowest BCUT2D eigenvalue weighted by Gasteiger charge is -2.24. The van der Waals surface area contributed by atoms with Gasteiger partial charge in [-0.2, -0.15) is 0 Å². The Hall–Kier alpha value is -0.730. The van der Waals surface area contributed by atoms with Gasteiger partial charge in [-0.15, -0.1) is 0 Å². The molecule has 0 bridgehead atoms. The molecule has 0 aliphatic heterocycles. The van der Waals surface area contributed by atoms with E-state index < -0.39 is 5.54 Å². The molecule has 0 fully saturated rings. The molecule has 0 saturated heterocycles. The molecule has 0 amide bonds. The van der Waals surface area contributed by atoms with Crippen molar-refractivity contribution in [1.29, 1.82) is 0 Å². The first kappa shape index (κ1) is 12.3. The van der Waals surface area contributed by atoms with E-state index in [4.69, 9.17) is 22.1 Å². The molecular formula is C12H18ClNO. The predicted molar refractivity (Wildman–Crippen MR) is 64.6 cm³/mol. The first-order valence-electron chi connectivity index (χ1n) is 5.06. The maximum Gasteiger partial charge on any atom is 0.127 e. The lowest BCUT2D eigenvalue weighted by molar-refractivity contribution is 0.390. The Morgan fingerprint density at radius 1 is 1.40 bits per heavy atom. The summed E-state index contributed by atoms with van der Waals surface area (Å²) in [5, 5.41) is 0.709. The molecule has 2 N–H and O–H groups in total. The second-order valence-corrected chi connectivity index (χ2v) is 4.66. The molecule has 0 heterocycles. The van der Waals surface area contributed by atoms with Crippen molar-refractivity contribution in [1.82, 2.24) is 0 Å². The lowest BCUT2D eigenvalue weighted by Crippen LogP contribution is -2.29. The highest BCUT2D eigenvalue weighted by Gasteiger charge is 2.21. The van der Waals surface area contributed by atoms with Gasteiger partial charge in [-0.25, -0.2) is 0 Å². The molecular weight excluding hydrogens is 210 g/mol. The molecule has 84 valence electrons. The largest absolute Gasteiger partial charge is 0.496 e. The third-order valence-corrected chi connectivity index (χ3v) is 2.63. The topological polar surface area (TPSA) is 35.2 Å². The van der Waals surface area contributed by atoms with E-state index >= 15 is 0 Å². The number of rotatable bonds is 3. The summed E-state index contributed by atoms with van der Waals surface area (Å²) in [5.41, 5.74) is 7.69.